The fourth-order valence-corrected chi connectivity index (χ4v) is 1.50. The molecule has 0 aromatic heterocycles. The van der Waals surface area contributed by atoms with Crippen LogP contribution in [0.5, 0.6) is 0 Å². The van der Waals surface area contributed by atoms with Crippen molar-refractivity contribution < 1.29 is 9.90 Å². The van der Waals surface area contributed by atoms with Crippen molar-refractivity contribution in [2.45, 2.75) is 26.4 Å². The molecule has 1 saturated heterocycles. The number of β-amino-alcohol motifs (C(OH)–C–C–N with tert-alkyl or cyclic N) is 1. The summed E-state index contributed by atoms with van der Waals surface area (Å²) >= 11 is 0. The molecule has 0 aromatic rings. The Morgan fingerprint density at radius 1 is 1.62 bits per heavy atom. The lowest BCUT2D eigenvalue weighted by Gasteiger charge is -2.33. The maximum absolute atomic E-state index is 11.4. The Morgan fingerprint density at radius 3 is 2.85 bits per heavy atom. The van der Waals surface area contributed by atoms with Crippen molar-refractivity contribution in [2.24, 2.45) is 5.92 Å². The van der Waals surface area contributed by atoms with Gasteiger partial charge in [-0.1, -0.05) is 13.0 Å². The summed E-state index contributed by atoms with van der Waals surface area (Å²) in [6.45, 7) is 5.08. The number of carbonyl (C=O) groups is 1. The molecule has 13 heavy (non-hydrogen) atoms. The van der Waals surface area contributed by atoms with Crippen molar-refractivity contribution in [1.29, 1.82) is 0 Å². The smallest absolute Gasteiger partial charge is 0.246 e. The third-order valence-electron chi connectivity index (χ3n) is 2.54. The fraction of sp³-hybridized carbons (Fsp3) is 0.700. The van der Waals surface area contributed by atoms with Gasteiger partial charge in [0.05, 0.1) is 6.10 Å². The quantitative estimate of drug-likeness (QED) is 0.611. The topological polar surface area (TPSA) is 40.5 Å². The van der Waals surface area contributed by atoms with Crippen LogP contribution in [-0.2, 0) is 4.79 Å². The molecule has 2 atom stereocenters. The molecule has 0 saturated carbocycles. The Bertz CT molecular complexity index is 213. The van der Waals surface area contributed by atoms with E-state index in [-0.39, 0.29) is 12.0 Å². The molecule has 3 nitrogen and oxygen atoms in total. The minimum absolute atomic E-state index is 0.00782. The molecule has 0 bridgehead atoms. The van der Waals surface area contributed by atoms with Crippen molar-refractivity contribution in [3.63, 3.8) is 0 Å². The lowest BCUT2D eigenvalue weighted by atomic mass is 9.96. The Hall–Kier alpha value is -0.830. The first-order valence-electron chi connectivity index (χ1n) is 4.74. The number of hydrogen-bond donors (Lipinski definition) is 1. The highest BCUT2D eigenvalue weighted by atomic mass is 16.3. The molecular weight excluding hydrogens is 166 g/mol. The van der Waals surface area contributed by atoms with Gasteiger partial charge in [0.15, 0.2) is 0 Å². The van der Waals surface area contributed by atoms with Gasteiger partial charge in [-0.25, -0.2) is 0 Å². The molecule has 1 aliphatic heterocycles. The summed E-state index contributed by atoms with van der Waals surface area (Å²) in [7, 11) is 0. The van der Waals surface area contributed by atoms with Gasteiger partial charge in [-0.3, -0.25) is 4.79 Å². The van der Waals surface area contributed by atoms with Crippen LogP contribution >= 0.6 is 0 Å². The number of piperidine rings is 1. The van der Waals surface area contributed by atoms with Crippen LogP contribution in [0.2, 0.25) is 0 Å². The van der Waals surface area contributed by atoms with Crippen LogP contribution in [0.4, 0.5) is 0 Å². The number of hydrogen-bond acceptors (Lipinski definition) is 2. The van der Waals surface area contributed by atoms with E-state index in [4.69, 9.17) is 0 Å². The highest BCUT2D eigenvalue weighted by Gasteiger charge is 2.25. The summed E-state index contributed by atoms with van der Waals surface area (Å²) in [5.74, 6) is 0.322. The second-order valence-corrected chi connectivity index (χ2v) is 3.62. The van der Waals surface area contributed by atoms with Crippen LogP contribution in [0.25, 0.3) is 0 Å². The normalized spacial score (nSPS) is 29.6. The molecule has 1 rings (SSSR count). The van der Waals surface area contributed by atoms with Crippen LogP contribution in [0, 0.1) is 5.92 Å². The maximum atomic E-state index is 11.4. The van der Waals surface area contributed by atoms with E-state index in [0.29, 0.717) is 12.5 Å². The van der Waals surface area contributed by atoms with Gasteiger partial charge in [0, 0.05) is 13.1 Å². The predicted molar refractivity (Wildman–Crippen MR) is 51.2 cm³/mol. The number of likely N-dealkylation sites (tertiary alicyclic amines) is 1. The Morgan fingerprint density at radius 2 is 2.31 bits per heavy atom. The van der Waals surface area contributed by atoms with E-state index >= 15 is 0 Å². The van der Waals surface area contributed by atoms with Gasteiger partial charge in [-0.15, -0.1) is 0 Å². The van der Waals surface area contributed by atoms with E-state index in [1.54, 1.807) is 17.1 Å². The molecule has 0 radical (unpaired) electrons. The molecule has 0 aromatic carbocycles. The summed E-state index contributed by atoms with van der Waals surface area (Å²) in [5, 5.41) is 9.55. The first kappa shape index (κ1) is 10.3. The van der Waals surface area contributed by atoms with Crippen LogP contribution in [0.3, 0.4) is 0 Å². The molecule has 0 aliphatic carbocycles. The zero-order valence-corrected chi connectivity index (χ0v) is 8.23. The highest BCUT2D eigenvalue weighted by Crippen LogP contribution is 2.16. The second-order valence-electron chi connectivity index (χ2n) is 3.62. The number of amides is 1. The third kappa shape index (κ3) is 2.56. The lowest BCUT2D eigenvalue weighted by Crippen LogP contribution is -2.45. The van der Waals surface area contributed by atoms with Gasteiger partial charge in [0.2, 0.25) is 5.91 Å². The van der Waals surface area contributed by atoms with E-state index < -0.39 is 0 Å². The number of aliphatic hydroxyl groups excluding tert-OH is 1. The largest absolute Gasteiger partial charge is 0.391 e. The number of nitrogens with zero attached hydrogens (tertiary/aromatic N) is 1. The molecule has 0 spiro atoms. The van der Waals surface area contributed by atoms with Crippen molar-refractivity contribution in [1.82, 2.24) is 4.90 Å². The van der Waals surface area contributed by atoms with E-state index in [1.807, 2.05) is 13.8 Å². The van der Waals surface area contributed by atoms with Gasteiger partial charge in [0.25, 0.3) is 0 Å². The van der Waals surface area contributed by atoms with E-state index in [2.05, 4.69) is 0 Å². The molecular formula is C10H17NO2. The van der Waals surface area contributed by atoms with Crippen LogP contribution in [-0.4, -0.2) is 35.1 Å². The van der Waals surface area contributed by atoms with Gasteiger partial charge < -0.3 is 10.0 Å². The number of allylic oxidation sites excluding steroid dienone is 1. The number of rotatable bonds is 1. The Labute approximate surface area is 79.0 Å². The number of carbonyl (C=O) groups excluding carboxylic acids is 1. The molecule has 1 N–H and O–H groups in total. The SMILES string of the molecule is C/C=C/C(=O)N1CCC(C)C(O)C1. The van der Waals surface area contributed by atoms with Gasteiger partial charge >= 0.3 is 0 Å². The second kappa shape index (κ2) is 4.42. The van der Waals surface area contributed by atoms with Crippen molar-refractivity contribution in [3.05, 3.63) is 12.2 Å². The van der Waals surface area contributed by atoms with Gasteiger partial charge in [-0.05, 0) is 25.3 Å². The third-order valence-corrected chi connectivity index (χ3v) is 2.54. The molecule has 1 heterocycles. The van der Waals surface area contributed by atoms with Gasteiger partial charge in [0.1, 0.15) is 0 Å². The maximum Gasteiger partial charge on any atom is 0.246 e. The monoisotopic (exact) mass is 183 g/mol. The molecule has 2 unspecified atom stereocenters. The minimum Gasteiger partial charge on any atom is -0.391 e. The summed E-state index contributed by atoms with van der Waals surface area (Å²) in [6, 6.07) is 0. The summed E-state index contributed by atoms with van der Waals surface area (Å²) < 4.78 is 0. The van der Waals surface area contributed by atoms with Gasteiger partial charge in [-0.2, -0.15) is 0 Å². The molecule has 3 heteroatoms. The molecule has 1 fully saturated rings. The van der Waals surface area contributed by atoms with Crippen molar-refractivity contribution in [3.8, 4) is 0 Å². The van der Waals surface area contributed by atoms with Crippen molar-refractivity contribution >= 4 is 5.91 Å². The molecule has 1 aliphatic rings. The summed E-state index contributed by atoms with van der Waals surface area (Å²) in [5.41, 5.74) is 0. The first-order chi connectivity index (χ1) is 6.15. The molecule has 1 amide bonds. The first-order valence-corrected chi connectivity index (χ1v) is 4.74. The van der Waals surface area contributed by atoms with E-state index in [1.165, 1.54) is 0 Å². The van der Waals surface area contributed by atoms with Crippen LogP contribution in [0.15, 0.2) is 12.2 Å². The zero-order chi connectivity index (χ0) is 9.84. The molecule has 74 valence electrons. The standard InChI is InChI=1S/C10H17NO2/c1-3-4-10(13)11-6-5-8(2)9(12)7-11/h3-4,8-9,12H,5-7H2,1-2H3/b4-3+. The minimum atomic E-state index is -0.358. The van der Waals surface area contributed by atoms with E-state index in [0.717, 1.165) is 13.0 Å². The average Bonchev–Trinajstić information content (AvgIpc) is 2.10. The Balaban J connectivity index is 2.50. The zero-order valence-electron chi connectivity index (χ0n) is 8.23. The summed E-state index contributed by atoms with van der Waals surface area (Å²) in [6.07, 6.45) is 3.81. The van der Waals surface area contributed by atoms with E-state index in [9.17, 15) is 9.90 Å². The Kier molecular flexibility index (Phi) is 3.48. The fourth-order valence-electron chi connectivity index (χ4n) is 1.50. The predicted octanol–water partition coefficient (Wildman–Crippen LogP) is 0.792. The average molecular weight is 183 g/mol. The summed E-state index contributed by atoms with van der Waals surface area (Å²) in [4.78, 5) is 13.1. The number of aliphatic hydroxyl groups is 1. The lowest BCUT2D eigenvalue weighted by molar-refractivity contribution is -0.130. The van der Waals surface area contributed by atoms with Crippen LogP contribution < -0.4 is 0 Å². The highest BCUT2D eigenvalue weighted by molar-refractivity contribution is 5.87. The van der Waals surface area contributed by atoms with Crippen molar-refractivity contribution in [2.75, 3.05) is 13.1 Å². The van der Waals surface area contributed by atoms with Crippen LogP contribution in [0.1, 0.15) is 20.3 Å².